The van der Waals surface area contributed by atoms with E-state index in [2.05, 4.69) is 29.0 Å². The molecule has 3 rings (SSSR count). The zero-order chi connectivity index (χ0) is 16.8. The van der Waals surface area contributed by atoms with Crippen LogP contribution in [0.15, 0.2) is 4.99 Å². The normalized spacial score (nSPS) is 29.0. The van der Waals surface area contributed by atoms with Crippen molar-refractivity contribution in [2.24, 2.45) is 10.9 Å². The average molecular weight is 337 g/mol. The Bertz CT molecular complexity index is 414. The first-order valence-corrected chi connectivity index (χ1v) is 10.1. The molecule has 0 aliphatic carbocycles. The van der Waals surface area contributed by atoms with Crippen LogP contribution in [0.1, 0.15) is 52.4 Å². The summed E-state index contributed by atoms with van der Waals surface area (Å²) in [6, 6.07) is 0. The number of hydrogen-bond donors (Lipinski definition) is 1. The van der Waals surface area contributed by atoms with Crippen molar-refractivity contribution < 1.29 is 4.74 Å². The van der Waals surface area contributed by atoms with E-state index in [-0.39, 0.29) is 5.54 Å². The van der Waals surface area contributed by atoms with Crippen LogP contribution in [0.25, 0.3) is 0 Å². The maximum absolute atomic E-state index is 5.67. The van der Waals surface area contributed by atoms with E-state index >= 15 is 0 Å². The fourth-order valence-corrected chi connectivity index (χ4v) is 4.55. The van der Waals surface area contributed by atoms with Crippen molar-refractivity contribution in [3.8, 4) is 0 Å². The number of likely N-dealkylation sites (tertiary alicyclic amines) is 2. The number of piperidine rings is 1. The zero-order valence-electron chi connectivity index (χ0n) is 15.7. The van der Waals surface area contributed by atoms with E-state index in [1.807, 2.05) is 0 Å². The van der Waals surface area contributed by atoms with Crippen LogP contribution in [0, 0.1) is 5.92 Å². The lowest BCUT2D eigenvalue weighted by Gasteiger charge is -2.44. The highest BCUT2D eigenvalue weighted by atomic mass is 16.5. The van der Waals surface area contributed by atoms with Gasteiger partial charge in [-0.15, -0.1) is 0 Å². The van der Waals surface area contributed by atoms with Gasteiger partial charge in [0.1, 0.15) is 0 Å². The van der Waals surface area contributed by atoms with Gasteiger partial charge in [-0.25, -0.2) is 0 Å². The van der Waals surface area contributed by atoms with Crippen LogP contribution < -0.4 is 5.32 Å². The van der Waals surface area contributed by atoms with E-state index in [1.165, 1.54) is 38.8 Å². The van der Waals surface area contributed by atoms with E-state index < -0.39 is 0 Å². The second-order valence-electron chi connectivity index (χ2n) is 7.89. The molecule has 5 nitrogen and oxygen atoms in total. The Labute approximate surface area is 147 Å². The van der Waals surface area contributed by atoms with Gasteiger partial charge in [0.15, 0.2) is 5.96 Å². The molecule has 3 aliphatic heterocycles. The Kier molecular flexibility index (Phi) is 6.39. The summed E-state index contributed by atoms with van der Waals surface area (Å²) in [5.74, 6) is 1.91. The molecule has 0 aromatic heterocycles. The molecule has 5 heteroatoms. The topological polar surface area (TPSA) is 40.1 Å². The molecule has 0 bridgehead atoms. The Hall–Kier alpha value is -0.810. The van der Waals surface area contributed by atoms with Crippen LogP contribution in [0.5, 0.6) is 0 Å². The summed E-state index contributed by atoms with van der Waals surface area (Å²) in [7, 11) is 0. The lowest BCUT2D eigenvalue weighted by Crippen LogP contribution is -2.54. The van der Waals surface area contributed by atoms with Gasteiger partial charge in [0.25, 0.3) is 0 Å². The maximum atomic E-state index is 5.67. The van der Waals surface area contributed by atoms with E-state index in [0.29, 0.717) is 0 Å². The van der Waals surface area contributed by atoms with E-state index in [1.54, 1.807) is 0 Å². The lowest BCUT2D eigenvalue weighted by molar-refractivity contribution is -0.0140. The molecule has 3 heterocycles. The quantitative estimate of drug-likeness (QED) is 0.632. The maximum Gasteiger partial charge on any atom is 0.193 e. The molecular weight excluding hydrogens is 300 g/mol. The molecule has 3 fully saturated rings. The first-order chi connectivity index (χ1) is 11.7. The van der Waals surface area contributed by atoms with Crippen LogP contribution in [0.3, 0.4) is 0 Å². The van der Waals surface area contributed by atoms with Crippen LogP contribution in [0.4, 0.5) is 0 Å². The second-order valence-corrected chi connectivity index (χ2v) is 7.89. The van der Waals surface area contributed by atoms with Gasteiger partial charge in [-0.05, 0) is 64.5 Å². The summed E-state index contributed by atoms with van der Waals surface area (Å²) < 4.78 is 5.67. The Morgan fingerprint density at radius 1 is 1.17 bits per heavy atom. The summed E-state index contributed by atoms with van der Waals surface area (Å²) >= 11 is 0. The summed E-state index contributed by atoms with van der Waals surface area (Å²) in [6.45, 7) is 13.0. The molecule has 0 amide bonds. The fraction of sp³-hybridized carbons (Fsp3) is 0.947. The first kappa shape index (κ1) is 18.0. The zero-order valence-corrected chi connectivity index (χ0v) is 15.7. The van der Waals surface area contributed by atoms with Gasteiger partial charge in [-0.3, -0.25) is 9.89 Å². The molecule has 24 heavy (non-hydrogen) atoms. The molecule has 0 spiro atoms. The van der Waals surface area contributed by atoms with Crippen LogP contribution >= 0.6 is 0 Å². The van der Waals surface area contributed by atoms with E-state index in [9.17, 15) is 0 Å². The third-order valence-corrected chi connectivity index (χ3v) is 6.01. The van der Waals surface area contributed by atoms with Gasteiger partial charge < -0.3 is 15.0 Å². The molecule has 1 unspecified atom stereocenters. The van der Waals surface area contributed by atoms with Crippen molar-refractivity contribution in [1.82, 2.24) is 15.1 Å². The summed E-state index contributed by atoms with van der Waals surface area (Å²) in [6.07, 6.45) is 7.59. The highest BCUT2D eigenvalue weighted by Gasteiger charge is 2.39. The molecule has 138 valence electrons. The molecule has 0 saturated carbocycles. The molecule has 3 aliphatic rings. The van der Waals surface area contributed by atoms with Crippen molar-refractivity contribution in [3.05, 3.63) is 0 Å². The highest BCUT2D eigenvalue weighted by molar-refractivity contribution is 5.80. The molecule has 0 aromatic carbocycles. The third kappa shape index (κ3) is 4.23. The van der Waals surface area contributed by atoms with Crippen molar-refractivity contribution in [1.29, 1.82) is 0 Å². The number of rotatable bonds is 4. The molecular formula is C19H36N4O. The Morgan fingerprint density at radius 3 is 2.58 bits per heavy atom. The minimum absolute atomic E-state index is 0.233. The number of nitrogens with one attached hydrogen (secondary N) is 1. The Balaban J connectivity index is 1.72. The molecule has 0 radical (unpaired) electrons. The number of guanidine groups is 1. The minimum atomic E-state index is 0.233. The minimum Gasteiger partial charge on any atom is -0.381 e. The second kappa shape index (κ2) is 8.52. The standard InChI is InChI=1S/C19H36N4O/c1-3-20-18(22-10-6-7-17(2)15-22)21-16-19(8-13-24-14-9-19)23-11-4-5-12-23/h17H,3-16H2,1-2H3,(H,20,21). The van der Waals surface area contributed by atoms with Crippen molar-refractivity contribution >= 4 is 5.96 Å². The van der Waals surface area contributed by atoms with E-state index in [4.69, 9.17) is 9.73 Å². The van der Waals surface area contributed by atoms with Crippen LogP contribution in [-0.4, -0.2) is 73.8 Å². The number of aliphatic imine (C=N–C) groups is 1. The highest BCUT2D eigenvalue weighted by Crippen LogP contribution is 2.31. The van der Waals surface area contributed by atoms with Gasteiger partial charge in [0, 0.05) is 38.4 Å². The van der Waals surface area contributed by atoms with E-state index in [0.717, 1.165) is 64.1 Å². The monoisotopic (exact) mass is 336 g/mol. The van der Waals surface area contributed by atoms with Gasteiger partial charge in [0.2, 0.25) is 0 Å². The smallest absolute Gasteiger partial charge is 0.193 e. The SMILES string of the molecule is CCNC(=NCC1(N2CCCC2)CCOCC1)N1CCCC(C)C1. The first-order valence-electron chi connectivity index (χ1n) is 10.1. The van der Waals surface area contributed by atoms with Crippen molar-refractivity contribution in [2.75, 3.05) is 52.5 Å². The van der Waals surface area contributed by atoms with Gasteiger partial charge in [-0.2, -0.15) is 0 Å². The third-order valence-electron chi connectivity index (χ3n) is 6.01. The van der Waals surface area contributed by atoms with Gasteiger partial charge in [-0.1, -0.05) is 6.92 Å². The van der Waals surface area contributed by atoms with Gasteiger partial charge in [0.05, 0.1) is 6.54 Å². The summed E-state index contributed by atoms with van der Waals surface area (Å²) in [5.41, 5.74) is 0.233. The van der Waals surface area contributed by atoms with Crippen LogP contribution in [0.2, 0.25) is 0 Å². The molecule has 1 atom stereocenters. The fourth-order valence-electron chi connectivity index (χ4n) is 4.55. The Morgan fingerprint density at radius 2 is 1.92 bits per heavy atom. The number of nitrogens with zero attached hydrogens (tertiary/aromatic N) is 3. The van der Waals surface area contributed by atoms with Crippen molar-refractivity contribution in [2.45, 2.75) is 57.9 Å². The molecule has 3 saturated heterocycles. The molecule has 0 aromatic rings. The number of hydrogen-bond acceptors (Lipinski definition) is 3. The van der Waals surface area contributed by atoms with Crippen LogP contribution in [-0.2, 0) is 4.74 Å². The predicted octanol–water partition coefficient (Wildman–Crippen LogP) is 2.33. The lowest BCUT2D eigenvalue weighted by atomic mass is 9.88. The largest absolute Gasteiger partial charge is 0.381 e. The number of ether oxygens (including phenoxy) is 1. The van der Waals surface area contributed by atoms with Crippen molar-refractivity contribution in [3.63, 3.8) is 0 Å². The average Bonchev–Trinajstić information content (AvgIpc) is 3.15. The predicted molar refractivity (Wildman–Crippen MR) is 99.5 cm³/mol. The molecule has 1 N–H and O–H groups in total. The summed E-state index contributed by atoms with van der Waals surface area (Å²) in [4.78, 5) is 10.3. The summed E-state index contributed by atoms with van der Waals surface area (Å²) in [5, 5.41) is 3.55. The van der Waals surface area contributed by atoms with Gasteiger partial charge >= 0.3 is 0 Å².